The third kappa shape index (κ3) is 2.91. The summed E-state index contributed by atoms with van der Waals surface area (Å²) in [5, 5.41) is 10.3. The van der Waals surface area contributed by atoms with Crippen molar-refractivity contribution in [1.82, 2.24) is 0 Å². The van der Waals surface area contributed by atoms with Crippen molar-refractivity contribution >= 4 is 11.9 Å². The molecular weight excluding hydrogens is 264 g/mol. The maximum absolute atomic E-state index is 11.8. The zero-order valence-corrected chi connectivity index (χ0v) is 12.0. The fourth-order valence-electron chi connectivity index (χ4n) is 1.99. The summed E-state index contributed by atoms with van der Waals surface area (Å²) in [7, 11) is 3.88. The predicted octanol–water partition coefficient (Wildman–Crippen LogP) is 1.67. The molecule has 0 saturated carbocycles. The summed E-state index contributed by atoms with van der Waals surface area (Å²) < 4.78 is 14.3. The number of aromatic hydroxyl groups is 1. The van der Waals surface area contributed by atoms with Gasteiger partial charge in [0.1, 0.15) is 16.9 Å². The van der Waals surface area contributed by atoms with Gasteiger partial charge < -0.3 is 19.3 Å². The molecule has 0 bridgehead atoms. The molecule has 0 atom stereocenters. The Hall–Kier alpha value is -2.08. The lowest BCUT2D eigenvalue weighted by Crippen LogP contribution is -2.14. The number of carbonyl (C=O) groups excluding carboxylic acids is 2. The molecule has 0 aliphatic carbocycles. The van der Waals surface area contributed by atoms with Gasteiger partial charge in [0, 0.05) is 7.11 Å². The van der Waals surface area contributed by atoms with E-state index >= 15 is 0 Å². The van der Waals surface area contributed by atoms with Crippen molar-refractivity contribution in [2.24, 2.45) is 0 Å². The minimum atomic E-state index is -0.734. The van der Waals surface area contributed by atoms with E-state index in [4.69, 9.17) is 4.74 Å². The number of phenolic OH excluding ortho intramolecular Hbond substituents is 1. The Morgan fingerprint density at radius 2 is 1.55 bits per heavy atom. The van der Waals surface area contributed by atoms with E-state index in [2.05, 4.69) is 9.47 Å². The van der Waals surface area contributed by atoms with E-state index < -0.39 is 17.7 Å². The molecule has 0 saturated heterocycles. The molecule has 6 nitrogen and oxygen atoms in total. The van der Waals surface area contributed by atoms with Crippen LogP contribution in [0.5, 0.6) is 5.75 Å². The second kappa shape index (κ2) is 6.91. The standard InChI is InChI=1S/C14H18O6/c1-5-8-6-9(7-18-2)11(14(17)20-4)12(15)10(8)13(16)19-3/h6,15H,5,7H2,1-4H3. The Balaban J connectivity index is 3.62. The number of esters is 2. The van der Waals surface area contributed by atoms with E-state index in [1.54, 1.807) is 6.07 Å². The van der Waals surface area contributed by atoms with Gasteiger partial charge in [-0.05, 0) is 17.5 Å². The van der Waals surface area contributed by atoms with Crippen molar-refractivity contribution in [2.45, 2.75) is 20.0 Å². The van der Waals surface area contributed by atoms with Crippen LogP contribution < -0.4 is 0 Å². The molecule has 0 amide bonds. The van der Waals surface area contributed by atoms with Crippen molar-refractivity contribution in [2.75, 3.05) is 21.3 Å². The number of hydrogen-bond donors (Lipinski definition) is 1. The molecule has 20 heavy (non-hydrogen) atoms. The van der Waals surface area contributed by atoms with Crippen molar-refractivity contribution < 1.29 is 28.9 Å². The zero-order valence-electron chi connectivity index (χ0n) is 12.0. The predicted molar refractivity (Wildman–Crippen MR) is 70.9 cm³/mol. The number of methoxy groups -OCH3 is 3. The summed E-state index contributed by atoms with van der Waals surface area (Å²) in [6, 6.07) is 1.64. The van der Waals surface area contributed by atoms with Gasteiger partial charge in [-0.25, -0.2) is 9.59 Å². The lowest BCUT2D eigenvalue weighted by Gasteiger charge is -2.15. The Kier molecular flexibility index (Phi) is 5.52. The summed E-state index contributed by atoms with van der Waals surface area (Å²) in [5.74, 6) is -1.87. The number of carbonyl (C=O) groups is 2. The van der Waals surface area contributed by atoms with Gasteiger partial charge in [-0.15, -0.1) is 0 Å². The first kappa shape index (κ1) is 16.0. The largest absolute Gasteiger partial charge is 0.506 e. The summed E-state index contributed by atoms with van der Waals surface area (Å²) in [4.78, 5) is 23.6. The average molecular weight is 282 g/mol. The number of phenols is 1. The van der Waals surface area contributed by atoms with Gasteiger partial charge >= 0.3 is 11.9 Å². The van der Waals surface area contributed by atoms with Gasteiger partial charge in [-0.1, -0.05) is 13.0 Å². The van der Waals surface area contributed by atoms with Crippen LogP contribution in [-0.4, -0.2) is 38.4 Å². The SMILES string of the molecule is CCc1cc(COC)c(C(=O)OC)c(O)c1C(=O)OC. The fraction of sp³-hybridized carbons (Fsp3) is 0.429. The summed E-state index contributed by atoms with van der Waals surface area (Å²) in [5.41, 5.74) is 0.942. The highest BCUT2D eigenvalue weighted by Gasteiger charge is 2.26. The normalized spacial score (nSPS) is 10.2. The van der Waals surface area contributed by atoms with E-state index in [1.165, 1.54) is 21.3 Å². The van der Waals surface area contributed by atoms with Crippen LogP contribution in [0.3, 0.4) is 0 Å². The second-order valence-electron chi connectivity index (χ2n) is 4.06. The Morgan fingerprint density at radius 3 is 1.95 bits per heavy atom. The maximum atomic E-state index is 11.8. The van der Waals surface area contributed by atoms with E-state index in [9.17, 15) is 14.7 Å². The highest BCUT2D eigenvalue weighted by Crippen LogP contribution is 2.31. The van der Waals surface area contributed by atoms with Crippen molar-refractivity contribution in [3.05, 3.63) is 28.3 Å². The first-order valence-electron chi connectivity index (χ1n) is 6.05. The summed E-state index contributed by atoms with van der Waals surface area (Å²) >= 11 is 0. The molecule has 110 valence electrons. The zero-order chi connectivity index (χ0) is 15.3. The third-order valence-electron chi connectivity index (χ3n) is 2.92. The Bertz CT molecular complexity index is 521. The van der Waals surface area contributed by atoms with E-state index in [1.807, 2.05) is 6.92 Å². The molecule has 1 aromatic carbocycles. The van der Waals surface area contributed by atoms with Gasteiger partial charge in [-0.2, -0.15) is 0 Å². The molecule has 0 aromatic heterocycles. The molecule has 1 aromatic rings. The first-order valence-corrected chi connectivity index (χ1v) is 6.05. The molecule has 0 fully saturated rings. The van der Waals surface area contributed by atoms with Crippen molar-refractivity contribution in [1.29, 1.82) is 0 Å². The van der Waals surface area contributed by atoms with Gasteiger partial charge in [0.25, 0.3) is 0 Å². The molecule has 0 spiro atoms. The summed E-state index contributed by atoms with van der Waals surface area (Å²) in [6.45, 7) is 1.95. The van der Waals surface area contributed by atoms with E-state index in [0.717, 1.165) is 0 Å². The average Bonchev–Trinajstić information content (AvgIpc) is 2.45. The maximum Gasteiger partial charge on any atom is 0.342 e. The van der Waals surface area contributed by atoms with Crippen LogP contribution in [0.1, 0.15) is 38.8 Å². The molecule has 0 aliphatic rings. The van der Waals surface area contributed by atoms with Gasteiger partial charge in [0.15, 0.2) is 0 Å². The molecule has 1 rings (SSSR count). The molecule has 1 N–H and O–H groups in total. The minimum Gasteiger partial charge on any atom is -0.506 e. The molecular formula is C14H18O6. The molecule has 0 aliphatic heterocycles. The highest BCUT2D eigenvalue weighted by molar-refractivity contribution is 6.02. The number of rotatable bonds is 5. The highest BCUT2D eigenvalue weighted by atomic mass is 16.5. The molecule has 0 heterocycles. The van der Waals surface area contributed by atoms with Crippen LogP contribution in [0.2, 0.25) is 0 Å². The first-order chi connectivity index (χ1) is 9.51. The van der Waals surface area contributed by atoms with Crippen molar-refractivity contribution in [3.8, 4) is 5.75 Å². The van der Waals surface area contributed by atoms with Crippen LogP contribution >= 0.6 is 0 Å². The number of aryl methyl sites for hydroxylation is 1. The lowest BCUT2D eigenvalue weighted by molar-refractivity contribution is 0.0588. The van der Waals surface area contributed by atoms with Gasteiger partial charge in [0.2, 0.25) is 0 Å². The van der Waals surface area contributed by atoms with Crippen LogP contribution in [0.4, 0.5) is 0 Å². The fourth-order valence-corrected chi connectivity index (χ4v) is 1.99. The summed E-state index contributed by atoms with van der Waals surface area (Å²) in [6.07, 6.45) is 0.496. The van der Waals surface area contributed by atoms with Crippen molar-refractivity contribution in [3.63, 3.8) is 0 Å². The minimum absolute atomic E-state index is 0.0183. The number of ether oxygens (including phenoxy) is 3. The topological polar surface area (TPSA) is 82.1 Å². The van der Waals surface area contributed by atoms with Crippen LogP contribution in [0.25, 0.3) is 0 Å². The second-order valence-corrected chi connectivity index (χ2v) is 4.06. The molecule has 6 heteroatoms. The van der Waals surface area contributed by atoms with Crippen LogP contribution in [0, 0.1) is 0 Å². The van der Waals surface area contributed by atoms with Crippen LogP contribution in [0.15, 0.2) is 6.07 Å². The molecule has 0 radical (unpaired) electrons. The monoisotopic (exact) mass is 282 g/mol. The van der Waals surface area contributed by atoms with E-state index in [-0.39, 0.29) is 17.7 Å². The smallest absolute Gasteiger partial charge is 0.342 e. The van der Waals surface area contributed by atoms with E-state index in [0.29, 0.717) is 17.5 Å². The Labute approximate surface area is 117 Å². The number of benzene rings is 1. The Morgan fingerprint density at radius 1 is 1.05 bits per heavy atom. The van der Waals surface area contributed by atoms with Gasteiger partial charge in [-0.3, -0.25) is 0 Å². The van der Waals surface area contributed by atoms with Crippen LogP contribution in [-0.2, 0) is 27.2 Å². The lowest BCUT2D eigenvalue weighted by atomic mass is 9.95. The number of hydrogen-bond acceptors (Lipinski definition) is 6. The quantitative estimate of drug-likeness (QED) is 0.827. The van der Waals surface area contributed by atoms with Gasteiger partial charge in [0.05, 0.1) is 20.8 Å². The third-order valence-corrected chi connectivity index (χ3v) is 2.92. The molecule has 0 unspecified atom stereocenters.